The van der Waals surface area contributed by atoms with Crippen molar-refractivity contribution in [3.8, 4) is 0 Å². The number of carbonyl (C=O) groups is 1. The lowest BCUT2D eigenvalue weighted by molar-refractivity contribution is -0.116. The first-order valence-corrected chi connectivity index (χ1v) is 4.73. The van der Waals surface area contributed by atoms with Crippen LogP contribution in [0.3, 0.4) is 0 Å². The third-order valence-corrected chi connectivity index (χ3v) is 2.13. The minimum atomic E-state index is 0.0410. The van der Waals surface area contributed by atoms with E-state index in [1.165, 1.54) is 6.08 Å². The molecule has 0 aromatic carbocycles. The molecule has 3 nitrogen and oxygen atoms in total. The maximum atomic E-state index is 11.1. The molecule has 0 saturated carbocycles. The van der Waals surface area contributed by atoms with E-state index in [0.29, 0.717) is 18.9 Å². The smallest absolute Gasteiger partial charge is 0.159 e. The molecule has 0 amide bonds. The summed E-state index contributed by atoms with van der Waals surface area (Å²) in [7, 11) is 0. The van der Waals surface area contributed by atoms with Crippen LogP contribution < -0.4 is 5.32 Å². The zero-order valence-corrected chi connectivity index (χ0v) is 8.21. The fourth-order valence-electron chi connectivity index (χ4n) is 1.50. The van der Waals surface area contributed by atoms with Crippen molar-refractivity contribution < 1.29 is 9.90 Å². The van der Waals surface area contributed by atoms with Crippen LogP contribution in [0.5, 0.6) is 0 Å². The third kappa shape index (κ3) is 3.59. The third-order valence-electron chi connectivity index (χ3n) is 2.13. The van der Waals surface area contributed by atoms with E-state index in [9.17, 15) is 9.90 Å². The summed E-state index contributed by atoms with van der Waals surface area (Å²) in [5.41, 5.74) is 0. The number of aliphatic hydroxyl groups is 1. The van der Waals surface area contributed by atoms with Crippen LogP contribution in [0.25, 0.3) is 0 Å². The van der Waals surface area contributed by atoms with Crippen molar-refractivity contribution in [1.82, 2.24) is 5.32 Å². The molecule has 0 saturated heterocycles. The van der Waals surface area contributed by atoms with E-state index >= 15 is 0 Å². The van der Waals surface area contributed by atoms with Gasteiger partial charge in [-0.2, -0.15) is 0 Å². The van der Waals surface area contributed by atoms with Crippen LogP contribution >= 0.6 is 0 Å². The number of aliphatic hydroxyl groups excluding tert-OH is 1. The van der Waals surface area contributed by atoms with Gasteiger partial charge in [0.15, 0.2) is 5.78 Å². The summed E-state index contributed by atoms with van der Waals surface area (Å²) in [6.07, 6.45) is 2.53. The average Bonchev–Trinajstić information content (AvgIpc) is 1.99. The van der Waals surface area contributed by atoms with Crippen molar-refractivity contribution in [3.05, 3.63) is 11.8 Å². The lowest BCUT2D eigenvalue weighted by Crippen LogP contribution is -2.31. The van der Waals surface area contributed by atoms with Crippen LogP contribution in [-0.2, 0) is 4.79 Å². The Morgan fingerprint density at radius 1 is 1.62 bits per heavy atom. The standard InChI is InChI=1S/C10H17NO2/c1-7(2)11-6-8-3-9(12)5-10(13)4-8/h5,7-8,11-12H,3-4,6H2,1-2H3. The second-order valence-corrected chi connectivity index (χ2v) is 3.94. The van der Waals surface area contributed by atoms with Gasteiger partial charge in [0.05, 0.1) is 5.76 Å². The zero-order chi connectivity index (χ0) is 9.84. The van der Waals surface area contributed by atoms with E-state index in [4.69, 9.17) is 0 Å². The molecule has 1 unspecified atom stereocenters. The molecule has 13 heavy (non-hydrogen) atoms. The van der Waals surface area contributed by atoms with Crippen molar-refractivity contribution in [1.29, 1.82) is 0 Å². The number of hydrogen-bond donors (Lipinski definition) is 2. The van der Waals surface area contributed by atoms with E-state index in [0.717, 1.165) is 6.54 Å². The van der Waals surface area contributed by atoms with Crippen molar-refractivity contribution in [2.24, 2.45) is 5.92 Å². The van der Waals surface area contributed by atoms with E-state index in [1.807, 2.05) is 0 Å². The van der Waals surface area contributed by atoms with Gasteiger partial charge in [-0.05, 0) is 12.5 Å². The predicted molar refractivity (Wildman–Crippen MR) is 51.6 cm³/mol. The Labute approximate surface area is 78.8 Å². The van der Waals surface area contributed by atoms with Crippen LogP contribution in [0.2, 0.25) is 0 Å². The van der Waals surface area contributed by atoms with Gasteiger partial charge in [-0.3, -0.25) is 4.79 Å². The normalized spacial score (nSPS) is 23.5. The predicted octanol–water partition coefficient (Wildman–Crippen LogP) is 1.41. The molecular formula is C10H17NO2. The van der Waals surface area contributed by atoms with Crippen LogP contribution in [0.1, 0.15) is 26.7 Å². The summed E-state index contributed by atoms with van der Waals surface area (Å²) in [5, 5.41) is 12.5. The van der Waals surface area contributed by atoms with Gasteiger partial charge in [0.2, 0.25) is 0 Å². The maximum absolute atomic E-state index is 11.1. The van der Waals surface area contributed by atoms with Crippen LogP contribution in [0.15, 0.2) is 11.8 Å². The van der Waals surface area contributed by atoms with Gasteiger partial charge in [0, 0.05) is 25.0 Å². The van der Waals surface area contributed by atoms with Crippen LogP contribution in [0, 0.1) is 5.92 Å². The Morgan fingerprint density at radius 3 is 2.85 bits per heavy atom. The zero-order valence-electron chi connectivity index (χ0n) is 8.21. The minimum Gasteiger partial charge on any atom is -0.512 e. The molecule has 1 atom stereocenters. The molecule has 0 aromatic rings. The largest absolute Gasteiger partial charge is 0.512 e. The molecular weight excluding hydrogens is 166 g/mol. The van der Waals surface area contributed by atoms with E-state index in [-0.39, 0.29) is 17.5 Å². The Hall–Kier alpha value is -0.830. The minimum absolute atomic E-state index is 0.0410. The van der Waals surface area contributed by atoms with Gasteiger partial charge in [-0.1, -0.05) is 13.8 Å². The van der Waals surface area contributed by atoms with Gasteiger partial charge in [-0.25, -0.2) is 0 Å². The number of allylic oxidation sites excluding steroid dienone is 2. The van der Waals surface area contributed by atoms with Gasteiger partial charge < -0.3 is 10.4 Å². The van der Waals surface area contributed by atoms with Gasteiger partial charge in [0.1, 0.15) is 0 Å². The fraction of sp³-hybridized carbons (Fsp3) is 0.700. The van der Waals surface area contributed by atoms with Crippen molar-refractivity contribution in [2.75, 3.05) is 6.54 Å². The number of nitrogens with one attached hydrogen (secondary N) is 1. The van der Waals surface area contributed by atoms with Crippen molar-refractivity contribution >= 4 is 5.78 Å². The molecule has 0 fully saturated rings. The highest BCUT2D eigenvalue weighted by Crippen LogP contribution is 2.19. The van der Waals surface area contributed by atoms with E-state index in [2.05, 4.69) is 19.2 Å². The monoisotopic (exact) mass is 183 g/mol. The number of carbonyl (C=O) groups excluding carboxylic acids is 1. The van der Waals surface area contributed by atoms with Crippen molar-refractivity contribution in [2.45, 2.75) is 32.7 Å². The second kappa shape index (κ2) is 4.42. The Bertz CT molecular complexity index is 221. The Morgan fingerprint density at radius 2 is 2.31 bits per heavy atom. The van der Waals surface area contributed by atoms with Gasteiger partial charge in [0.25, 0.3) is 0 Å². The van der Waals surface area contributed by atoms with E-state index in [1.54, 1.807) is 0 Å². The SMILES string of the molecule is CC(C)NCC1CC(=O)C=C(O)C1. The molecule has 0 bridgehead atoms. The van der Waals surface area contributed by atoms with Gasteiger partial charge in [-0.15, -0.1) is 0 Å². The summed E-state index contributed by atoms with van der Waals surface area (Å²) in [6, 6.07) is 0.433. The number of hydrogen-bond acceptors (Lipinski definition) is 3. The Balaban J connectivity index is 2.37. The molecule has 0 radical (unpaired) electrons. The highest BCUT2D eigenvalue weighted by Gasteiger charge is 2.19. The van der Waals surface area contributed by atoms with Gasteiger partial charge >= 0.3 is 0 Å². The molecule has 0 heterocycles. The average molecular weight is 183 g/mol. The molecule has 1 aliphatic carbocycles. The summed E-state index contributed by atoms with van der Waals surface area (Å²) in [4.78, 5) is 11.1. The molecule has 0 aromatic heterocycles. The topological polar surface area (TPSA) is 49.3 Å². The lowest BCUT2D eigenvalue weighted by Gasteiger charge is -2.20. The molecule has 1 rings (SSSR count). The Kier molecular flexibility index (Phi) is 3.48. The highest BCUT2D eigenvalue weighted by molar-refractivity contribution is 5.91. The highest BCUT2D eigenvalue weighted by atomic mass is 16.3. The summed E-state index contributed by atoms with van der Waals surface area (Å²) in [6.45, 7) is 4.95. The fourth-order valence-corrected chi connectivity index (χ4v) is 1.50. The molecule has 0 aliphatic heterocycles. The van der Waals surface area contributed by atoms with Crippen LogP contribution in [-0.4, -0.2) is 23.5 Å². The summed E-state index contributed by atoms with van der Waals surface area (Å²) < 4.78 is 0. The summed E-state index contributed by atoms with van der Waals surface area (Å²) in [5.74, 6) is 0.533. The van der Waals surface area contributed by atoms with Crippen molar-refractivity contribution in [3.63, 3.8) is 0 Å². The first-order chi connectivity index (χ1) is 6.08. The van der Waals surface area contributed by atoms with Crippen LogP contribution in [0.4, 0.5) is 0 Å². The molecule has 3 heteroatoms. The summed E-state index contributed by atoms with van der Waals surface area (Å²) >= 11 is 0. The molecule has 2 N–H and O–H groups in total. The molecule has 74 valence electrons. The van der Waals surface area contributed by atoms with E-state index < -0.39 is 0 Å². The molecule has 0 spiro atoms. The molecule has 1 aliphatic rings. The number of rotatable bonds is 3. The number of ketones is 1. The second-order valence-electron chi connectivity index (χ2n) is 3.94. The quantitative estimate of drug-likeness (QED) is 0.695. The first-order valence-electron chi connectivity index (χ1n) is 4.73. The first kappa shape index (κ1) is 10.3. The lowest BCUT2D eigenvalue weighted by atomic mass is 9.92. The maximum Gasteiger partial charge on any atom is 0.159 e.